The number of hydrogen-bond donors (Lipinski definition) is 1. The van der Waals surface area contributed by atoms with Gasteiger partial charge in [0, 0.05) is 0 Å². The van der Waals surface area contributed by atoms with Gasteiger partial charge in [-0.1, -0.05) is 38.7 Å². The van der Waals surface area contributed by atoms with Gasteiger partial charge in [-0.3, -0.25) is 4.31 Å². The fourth-order valence-electron chi connectivity index (χ4n) is 3.24. The zero-order valence-electron chi connectivity index (χ0n) is 12.6. The molecular formula is C16H29NOS. The van der Waals surface area contributed by atoms with E-state index >= 15 is 0 Å². The Kier molecular flexibility index (Phi) is 5.15. The summed E-state index contributed by atoms with van der Waals surface area (Å²) in [5.41, 5.74) is 1.26. The molecule has 0 aromatic heterocycles. The van der Waals surface area contributed by atoms with Crippen molar-refractivity contribution in [3.63, 3.8) is 0 Å². The minimum Gasteiger partial charge on any atom is -0.382 e. The van der Waals surface area contributed by atoms with Crippen molar-refractivity contribution in [1.29, 1.82) is 0 Å². The SMILES string of the molecule is CCC(O)S1(N(C)C)C=CC(C2CCCCCC2)=C1. The van der Waals surface area contributed by atoms with E-state index in [0.29, 0.717) is 0 Å². The van der Waals surface area contributed by atoms with Gasteiger partial charge in [0.15, 0.2) is 0 Å². The van der Waals surface area contributed by atoms with Crippen LogP contribution in [0.3, 0.4) is 0 Å². The number of nitrogens with zero attached hydrogens (tertiary/aromatic N) is 1. The number of aliphatic hydroxyl groups excluding tert-OH is 1. The zero-order valence-corrected chi connectivity index (χ0v) is 13.5. The molecule has 1 fully saturated rings. The second-order valence-electron chi connectivity index (χ2n) is 6.01. The molecule has 2 aliphatic rings. The molecule has 1 saturated carbocycles. The lowest BCUT2D eigenvalue weighted by Gasteiger charge is -2.42. The van der Waals surface area contributed by atoms with Crippen molar-refractivity contribution < 1.29 is 5.11 Å². The normalized spacial score (nSPS) is 33.8. The van der Waals surface area contributed by atoms with E-state index in [1.54, 1.807) is 0 Å². The smallest absolute Gasteiger partial charge is 0.102 e. The molecule has 0 aromatic carbocycles. The Morgan fingerprint density at radius 1 is 1.26 bits per heavy atom. The molecule has 2 nitrogen and oxygen atoms in total. The summed E-state index contributed by atoms with van der Waals surface area (Å²) in [6, 6.07) is 0. The van der Waals surface area contributed by atoms with Gasteiger partial charge in [0.05, 0.1) is 0 Å². The molecule has 0 saturated heterocycles. The van der Waals surface area contributed by atoms with Gasteiger partial charge in [0.1, 0.15) is 5.44 Å². The lowest BCUT2D eigenvalue weighted by molar-refractivity contribution is 0.251. The van der Waals surface area contributed by atoms with Crippen LogP contribution in [0.1, 0.15) is 51.9 Å². The van der Waals surface area contributed by atoms with Gasteiger partial charge in [-0.2, -0.15) is 0 Å². The first kappa shape index (κ1) is 15.1. The summed E-state index contributed by atoms with van der Waals surface area (Å²) >= 11 is 0. The topological polar surface area (TPSA) is 23.5 Å². The minimum atomic E-state index is -1.27. The summed E-state index contributed by atoms with van der Waals surface area (Å²) in [4.78, 5) is 0. The number of aliphatic hydroxyl groups is 1. The van der Waals surface area contributed by atoms with Gasteiger partial charge in [-0.25, -0.2) is 0 Å². The van der Waals surface area contributed by atoms with Crippen LogP contribution in [0.4, 0.5) is 0 Å². The maximum absolute atomic E-state index is 10.4. The molecule has 1 aliphatic carbocycles. The highest BCUT2D eigenvalue weighted by molar-refractivity contribution is 8.37. The van der Waals surface area contributed by atoms with Gasteiger partial charge >= 0.3 is 0 Å². The first-order valence-corrected chi connectivity index (χ1v) is 9.45. The standard InChI is InChI=1S/C16H29NOS/c1-4-16(18)19(17(2)3)12-11-15(13-19)14-9-7-5-6-8-10-14/h11-14,16,18H,4-10H2,1-3H3. The van der Waals surface area contributed by atoms with Gasteiger partial charge in [0.2, 0.25) is 0 Å². The Balaban J connectivity index is 2.19. The monoisotopic (exact) mass is 283 g/mol. The first-order chi connectivity index (χ1) is 9.10. The van der Waals surface area contributed by atoms with Crippen LogP contribution in [0.25, 0.3) is 0 Å². The highest BCUT2D eigenvalue weighted by atomic mass is 32.3. The molecule has 0 bridgehead atoms. The maximum Gasteiger partial charge on any atom is 0.102 e. The third-order valence-electron chi connectivity index (χ3n) is 4.55. The highest BCUT2D eigenvalue weighted by Gasteiger charge is 2.34. The molecule has 0 aromatic rings. The van der Waals surface area contributed by atoms with Crippen LogP contribution < -0.4 is 0 Å². The molecule has 3 heteroatoms. The summed E-state index contributed by atoms with van der Waals surface area (Å²) in [5, 5.41) is 15.2. The van der Waals surface area contributed by atoms with Crippen molar-refractivity contribution in [2.45, 2.75) is 57.3 Å². The van der Waals surface area contributed by atoms with E-state index in [1.165, 1.54) is 44.1 Å². The number of allylic oxidation sites excluding steroid dienone is 2. The third kappa shape index (κ3) is 3.09. The molecule has 2 rings (SSSR count). The largest absolute Gasteiger partial charge is 0.382 e. The van der Waals surface area contributed by atoms with Crippen LogP contribution in [0.2, 0.25) is 0 Å². The van der Waals surface area contributed by atoms with Crippen molar-refractivity contribution in [3.8, 4) is 0 Å². The molecule has 110 valence electrons. The molecule has 2 atom stereocenters. The second kappa shape index (κ2) is 6.47. The van der Waals surface area contributed by atoms with E-state index in [9.17, 15) is 5.11 Å². The van der Waals surface area contributed by atoms with E-state index in [1.807, 2.05) is 0 Å². The van der Waals surface area contributed by atoms with Crippen LogP contribution in [-0.2, 0) is 0 Å². The summed E-state index contributed by atoms with van der Waals surface area (Å²) < 4.78 is 2.24. The fourth-order valence-corrected chi connectivity index (χ4v) is 6.21. The summed E-state index contributed by atoms with van der Waals surface area (Å²) in [6.45, 7) is 2.08. The van der Waals surface area contributed by atoms with Crippen molar-refractivity contribution in [2.75, 3.05) is 14.1 Å². The van der Waals surface area contributed by atoms with E-state index < -0.39 is 10.2 Å². The summed E-state index contributed by atoms with van der Waals surface area (Å²) in [5.74, 6) is 0.733. The van der Waals surface area contributed by atoms with Gasteiger partial charge < -0.3 is 5.11 Å². The Morgan fingerprint density at radius 3 is 2.42 bits per heavy atom. The Morgan fingerprint density at radius 2 is 1.89 bits per heavy atom. The Bertz CT molecular complexity index is 356. The van der Waals surface area contributed by atoms with Gasteiger partial charge in [-0.05, 0) is 55.7 Å². The van der Waals surface area contributed by atoms with Crippen molar-refractivity contribution in [3.05, 3.63) is 22.5 Å². The van der Waals surface area contributed by atoms with Crippen molar-refractivity contribution >= 4 is 10.2 Å². The zero-order chi connectivity index (χ0) is 13.9. The summed E-state index contributed by atoms with van der Waals surface area (Å²) in [7, 11) is 2.93. The molecule has 1 aliphatic heterocycles. The van der Waals surface area contributed by atoms with Crippen LogP contribution >= 0.6 is 10.2 Å². The lowest BCUT2D eigenvalue weighted by atomic mass is 9.93. The van der Waals surface area contributed by atoms with Crippen molar-refractivity contribution in [2.24, 2.45) is 5.92 Å². The molecular weight excluding hydrogens is 254 g/mol. The predicted molar refractivity (Wildman–Crippen MR) is 86.0 cm³/mol. The van der Waals surface area contributed by atoms with E-state index in [-0.39, 0.29) is 5.44 Å². The first-order valence-electron chi connectivity index (χ1n) is 7.67. The molecule has 0 amide bonds. The average Bonchev–Trinajstić information content (AvgIpc) is 2.69. The van der Waals surface area contributed by atoms with Crippen LogP contribution in [0, 0.1) is 5.92 Å². The average molecular weight is 283 g/mol. The minimum absolute atomic E-state index is 0.234. The Labute approximate surface area is 120 Å². The van der Waals surface area contributed by atoms with E-state index in [4.69, 9.17) is 0 Å². The second-order valence-corrected chi connectivity index (χ2v) is 9.24. The molecule has 0 radical (unpaired) electrons. The fraction of sp³-hybridized carbons (Fsp3) is 0.750. The van der Waals surface area contributed by atoms with Gasteiger partial charge in [0.25, 0.3) is 0 Å². The molecule has 1 N–H and O–H groups in total. The summed E-state index contributed by atoms with van der Waals surface area (Å²) in [6.07, 6.45) is 11.3. The number of rotatable bonds is 4. The van der Waals surface area contributed by atoms with E-state index in [2.05, 4.69) is 42.2 Å². The quantitative estimate of drug-likeness (QED) is 0.774. The lowest BCUT2D eigenvalue weighted by Crippen LogP contribution is -2.25. The Hall–Kier alpha value is -0.250. The van der Waals surface area contributed by atoms with Crippen LogP contribution in [0.15, 0.2) is 22.5 Å². The third-order valence-corrected chi connectivity index (χ3v) is 8.24. The van der Waals surface area contributed by atoms with E-state index in [0.717, 1.165) is 12.3 Å². The van der Waals surface area contributed by atoms with Crippen LogP contribution in [0.5, 0.6) is 0 Å². The molecule has 2 unspecified atom stereocenters. The van der Waals surface area contributed by atoms with Crippen LogP contribution in [-0.4, -0.2) is 28.9 Å². The predicted octanol–water partition coefficient (Wildman–Crippen LogP) is 4.38. The maximum atomic E-state index is 10.4. The molecule has 19 heavy (non-hydrogen) atoms. The molecule has 1 heterocycles. The highest BCUT2D eigenvalue weighted by Crippen LogP contribution is 2.61. The molecule has 0 spiro atoms. The van der Waals surface area contributed by atoms with Crippen molar-refractivity contribution in [1.82, 2.24) is 4.31 Å². The van der Waals surface area contributed by atoms with Gasteiger partial charge in [-0.15, -0.1) is 10.2 Å². The number of hydrogen-bond acceptors (Lipinski definition) is 2.